The van der Waals surface area contributed by atoms with Gasteiger partial charge in [-0.15, -0.1) is 0 Å². The van der Waals surface area contributed by atoms with Crippen molar-refractivity contribution in [2.24, 2.45) is 11.7 Å². The number of carbonyl (C=O) groups is 2. The first kappa shape index (κ1) is 19.7. The molecular formula is C22H32N2O3. The first-order valence-corrected chi connectivity index (χ1v) is 10.4. The molecule has 1 aromatic rings. The standard InChI is InChI=1S/C22H32N2O3/c1-3-4-5-6-7-8-11-14-24-21(26)19(20(23)25)17-15-22(24,2)27-18-13-10-9-12-16(17)18/h9-10,12-13,17,19H,3-8,11,14-15H2,1-2H3,(H2,23,25)/t17-,19-,22+/m0/s1. The summed E-state index contributed by atoms with van der Waals surface area (Å²) >= 11 is 0. The van der Waals surface area contributed by atoms with Crippen molar-refractivity contribution in [1.29, 1.82) is 0 Å². The Labute approximate surface area is 162 Å². The molecule has 1 fully saturated rings. The molecule has 2 aliphatic rings. The number of primary amides is 1. The van der Waals surface area contributed by atoms with E-state index in [0.717, 1.165) is 24.2 Å². The topological polar surface area (TPSA) is 72.6 Å². The van der Waals surface area contributed by atoms with Crippen LogP contribution in [-0.4, -0.2) is 29.0 Å². The predicted molar refractivity (Wildman–Crippen MR) is 105 cm³/mol. The molecule has 0 aromatic heterocycles. The van der Waals surface area contributed by atoms with Gasteiger partial charge in [0.2, 0.25) is 11.8 Å². The third-order valence-electron chi connectivity index (χ3n) is 6.04. The number of fused-ring (bicyclic) bond motifs is 4. The lowest BCUT2D eigenvalue weighted by molar-refractivity contribution is -0.175. The van der Waals surface area contributed by atoms with Crippen LogP contribution in [0.4, 0.5) is 0 Å². The van der Waals surface area contributed by atoms with Crippen molar-refractivity contribution in [3.8, 4) is 5.75 Å². The Bertz CT molecular complexity index is 690. The normalized spacial score (nSPS) is 26.4. The fourth-order valence-electron chi connectivity index (χ4n) is 4.61. The number of amides is 2. The summed E-state index contributed by atoms with van der Waals surface area (Å²) in [6.45, 7) is 4.79. The Balaban J connectivity index is 1.72. The van der Waals surface area contributed by atoms with Gasteiger partial charge in [-0.25, -0.2) is 0 Å². The lowest BCUT2D eigenvalue weighted by Crippen LogP contribution is -2.64. The zero-order valence-corrected chi connectivity index (χ0v) is 16.6. The number of ether oxygens (including phenoxy) is 1. The van der Waals surface area contributed by atoms with Gasteiger partial charge in [0, 0.05) is 18.9 Å². The molecule has 2 amide bonds. The van der Waals surface area contributed by atoms with Crippen LogP contribution in [0.15, 0.2) is 24.3 Å². The lowest BCUT2D eigenvalue weighted by Gasteiger charge is -2.52. The predicted octanol–water partition coefficient (Wildman–Crippen LogP) is 3.96. The lowest BCUT2D eigenvalue weighted by atomic mass is 9.73. The van der Waals surface area contributed by atoms with Crippen molar-refractivity contribution in [2.45, 2.75) is 76.9 Å². The molecule has 3 rings (SSSR count). The van der Waals surface area contributed by atoms with Crippen LogP contribution in [0.25, 0.3) is 0 Å². The second-order valence-corrected chi connectivity index (χ2v) is 8.12. The molecule has 2 bridgehead atoms. The van der Waals surface area contributed by atoms with E-state index in [-0.39, 0.29) is 11.8 Å². The highest BCUT2D eigenvalue weighted by molar-refractivity contribution is 6.01. The van der Waals surface area contributed by atoms with Crippen LogP contribution in [0.2, 0.25) is 0 Å². The zero-order chi connectivity index (χ0) is 19.4. The van der Waals surface area contributed by atoms with Crippen LogP contribution in [0.5, 0.6) is 5.75 Å². The van der Waals surface area contributed by atoms with Gasteiger partial charge < -0.3 is 15.4 Å². The Morgan fingerprint density at radius 2 is 1.85 bits per heavy atom. The van der Waals surface area contributed by atoms with Gasteiger partial charge in [-0.3, -0.25) is 9.59 Å². The SMILES string of the molecule is CCCCCCCCCN1C(=O)[C@H](C(N)=O)[C@H]2C[C@@]1(C)Oc1ccccc12. The van der Waals surface area contributed by atoms with Crippen LogP contribution >= 0.6 is 0 Å². The van der Waals surface area contributed by atoms with Gasteiger partial charge in [0.25, 0.3) is 0 Å². The Hall–Kier alpha value is -2.04. The summed E-state index contributed by atoms with van der Waals surface area (Å²) in [4.78, 5) is 27.0. The number of rotatable bonds is 9. The van der Waals surface area contributed by atoms with Crippen molar-refractivity contribution >= 4 is 11.8 Å². The number of unbranched alkanes of at least 4 members (excludes halogenated alkanes) is 6. The van der Waals surface area contributed by atoms with Gasteiger partial charge in [0.05, 0.1) is 0 Å². The van der Waals surface area contributed by atoms with Crippen molar-refractivity contribution in [2.75, 3.05) is 6.54 Å². The number of para-hydroxylation sites is 1. The molecule has 2 N–H and O–H groups in total. The molecular weight excluding hydrogens is 340 g/mol. The molecule has 1 saturated heterocycles. The highest BCUT2D eigenvalue weighted by Crippen LogP contribution is 2.50. The number of likely N-dealkylation sites (tertiary alicyclic amines) is 1. The van der Waals surface area contributed by atoms with Gasteiger partial charge in [-0.2, -0.15) is 0 Å². The molecule has 27 heavy (non-hydrogen) atoms. The minimum atomic E-state index is -0.798. The Morgan fingerprint density at radius 3 is 2.56 bits per heavy atom. The van der Waals surface area contributed by atoms with Crippen molar-refractivity contribution in [3.05, 3.63) is 29.8 Å². The van der Waals surface area contributed by atoms with E-state index in [0.29, 0.717) is 13.0 Å². The molecule has 2 aliphatic heterocycles. The van der Waals surface area contributed by atoms with E-state index < -0.39 is 17.6 Å². The molecule has 2 heterocycles. The summed E-state index contributed by atoms with van der Waals surface area (Å²) in [6.07, 6.45) is 8.87. The van der Waals surface area contributed by atoms with Crippen molar-refractivity contribution in [3.63, 3.8) is 0 Å². The summed E-state index contributed by atoms with van der Waals surface area (Å²) in [5, 5.41) is 0. The van der Waals surface area contributed by atoms with E-state index >= 15 is 0 Å². The van der Waals surface area contributed by atoms with Crippen LogP contribution < -0.4 is 10.5 Å². The smallest absolute Gasteiger partial charge is 0.238 e. The number of hydrogen-bond donors (Lipinski definition) is 1. The van der Waals surface area contributed by atoms with Crippen LogP contribution in [-0.2, 0) is 9.59 Å². The maximum Gasteiger partial charge on any atom is 0.238 e. The summed E-state index contributed by atoms with van der Waals surface area (Å²) in [5.41, 5.74) is 5.87. The molecule has 0 aliphatic carbocycles. The maximum atomic E-state index is 13.1. The Morgan fingerprint density at radius 1 is 1.19 bits per heavy atom. The summed E-state index contributed by atoms with van der Waals surface area (Å²) in [7, 11) is 0. The van der Waals surface area contributed by atoms with Gasteiger partial charge in [-0.1, -0.05) is 63.6 Å². The van der Waals surface area contributed by atoms with E-state index in [9.17, 15) is 9.59 Å². The minimum Gasteiger partial charge on any atom is -0.468 e. The quantitative estimate of drug-likeness (QED) is 0.527. The molecule has 0 saturated carbocycles. The molecule has 5 heteroatoms. The van der Waals surface area contributed by atoms with E-state index in [4.69, 9.17) is 10.5 Å². The average molecular weight is 373 g/mol. The second-order valence-electron chi connectivity index (χ2n) is 8.12. The molecule has 148 valence electrons. The van der Waals surface area contributed by atoms with Crippen molar-refractivity contribution in [1.82, 2.24) is 4.90 Å². The van der Waals surface area contributed by atoms with Crippen LogP contribution in [0, 0.1) is 5.92 Å². The number of nitrogens with zero attached hydrogens (tertiary/aromatic N) is 1. The summed E-state index contributed by atoms with van der Waals surface area (Å²) in [6, 6.07) is 7.69. The van der Waals surface area contributed by atoms with Gasteiger partial charge in [0.1, 0.15) is 11.7 Å². The summed E-state index contributed by atoms with van der Waals surface area (Å²) < 4.78 is 6.26. The molecule has 0 unspecified atom stereocenters. The molecule has 0 radical (unpaired) electrons. The average Bonchev–Trinajstić information content (AvgIpc) is 2.62. The van der Waals surface area contributed by atoms with E-state index in [1.165, 1.54) is 32.1 Å². The largest absolute Gasteiger partial charge is 0.468 e. The number of benzene rings is 1. The second kappa shape index (κ2) is 8.32. The highest BCUT2D eigenvalue weighted by atomic mass is 16.5. The van der Waals surface area contributed by atoms with Crippen LogP contribution in [0.3, 0.4) is 0 Å². The van der Waals surface area contributed by atoms with Gasteiger partial charge in [0.15, 0.2) is 5.72 Å². The van der Waals surface area contributed by atoms with Crippen LogP contribution in [0.1, 0.15) is 76.7 Å². The molecule has 5 nitrogen and oxygen atoms in total. The maximum absolute atomic E-state index is 13.1. The van der Waals surface area contributed by atoms with Crippen molar-refractivity contribution < 1.29 is 14.3 Å². The monoisotopic (exact) mass is 372 g/mol. The first-order chi connectivity index (χ1) is 13.0. The third-order valence-corrected chi connectivity index (χ3v) is 6.04. The number of piperidine rings is 1. The molecule has 3 atom stereocenters. The van der Waals surface area contributed by atoms with E-state index in [2.05, 4.69) is 6.92 Å². The summed E-state index contributed by atoms with van der Waals surface area (Å²) in [5.74, 6) is -0.947. The van der Waals surface area contributed by atoms with Gasteiger partial charge >= 0.3 is 0 Å². The highest BCUT2D eigenvalue weighted by Gasteiger charge is 2.55. The Kier molecular flexibility index (Phi) is 6.08. The fraction of sp³-hybridized carbons (Fsp3) is 0.636. The number of nitrogens with two attached hydrogens (primary N) is 1. The third kappa shape index (κ3) is 3.97. The molecule has 1 aromatic carbocycles. The number of hydrogen-bond acceptors (Lipinski definition) is 3. The minimum absolute atomic E-state index is 0.179. The fourth-order valence-corrected chi connectivity index (χ4v) is 4.61. The number of carbonyl (C=O) groups excluding carboxylic acids is 2. The zero-order valence-electron chi connectivity index (χ0n) is 16.6. The van der Waals surface area contributed by atoms with Gasteiger partial charge in [-0.05, 0) is 25.0 Å². The molecule has 0 spiro atoms. The first-order valence-electron chi connectivity index (χ1n) is 10.4. The van der Waals surface area contributed by atoms with E-state index in [1.54, 1.807) is 4.90 Å². The van der Waals surface area contributed by atoms with E-state index in [1.807, 2.05) is 31.2 Å².